The normalized spacial score (nSPS) is 12.5. The summed E-state index contributed by atoms with van der Waals surface area (Å²) >= 11 is 3.70. The topological polar surface area (TPSA) is 72.2 Å². The van der Waals surface area contributed by atoms with Gasteiger partial charge in [0.1, 0.15) is 0 Å². The summed E-state index contributed by atoms with van der Waals surface area (Å²) in [5.74, 6) is -1.52. The van der Waals surface area contributed by atoms with Gasteiger partial charge in [-0.15, -0.1) is 0 Å². The van der Waals surface area contributed by atoms with Crippen LogP contribution in [-0.4, -0.2) is 17.7 Å². The van der Waals surface area contributed by atoms with E-state index in [9.17, 15) is 9.59 Å². The molecule has 4 nitrogen and oxygen atoms in total. The first-order valence-corrected chi connectivity index (χ1v) is 3.81. The molecule has 0 fully saturated rings. The molecule has 0 aromatic heterocycles. The summed E-state index contributed by atoms with van der Waals surface area (Å²) in [6, 6.07) is -0.541. The number of ketones is 1. The lowest BCUT2D eigenvalue weighted by atomic mass is 10.1. The smallest absolute Gasteiger partial charge is 0.286 e. The summed E-state index contributed by atoms with van der Waals surface area (Å²) in [6.45, 7) is 1.91. The number of carbonyl (C=O) groups excluding carboxylic acids is 2. The molecule has 0 aromatic rings. The van der Waals surface area contributed by atoms with E-state index in [2.05, 4.69) is 17.5 Å². The third-order valence-electron chi connectivity index (χ3n) is 1.29. The fraction of sp³-hybridized carbons (Fsp3) is 0.667. The fourth-order valence-electron chi connectivity index (χ4n) is 0.715. The molecule has 0 bridgehead atoms. The second-order valence-electron chi connectivity index (χ2n) is 2.20. The van der Waals surface area contributed by atoms with Crippen molar-refractivity contribution in [2.75, 3.05) is 0 Å². The number of primary amides is 1. The molecule has 1 unspecified atom stereocenters. The average molecular weight is 176 g/mol. The predicted molar refractivity (Wildman–Crippen MR) is 45.0 cm³/mol. The molecular weight excluding hydrogens is 164 g/mol. The zero-order valence-electron chi connectivity index (χ0n) is 6.33. The second kappa shape index (κ2) is 5.15. The number of thiol groups is 1. The van der Waals surface area contributed by atoms with Gasteiger partial charge in [0.15, 0.2) is 0 Å². The molecule has 3 N–H and O–H groups in total. The summed E-state index contributed by atoms with van der Waals surface area (Å²) in [5, 5.41) is 0. The molecule has 0 spiro atoms. The number of hydrogen-bond acceptors (Lipinski definition) is 4. The number of nitrogens with one attached hydrogen (secondary N) is 1. The van der Waals surface area contributed by atoms with E-state index in [0.717, 1.165) is 6.42 Å². The van der Waals surface area contributed by atoms with Crippen molar-refractivity contribution in [2.24, 2.45) is 5.73 Å². The van der Waals surface area contributed by atoms with Crippen LogP contribution in [0.25, 0.3) is 0 Å². The first-order chi connectivity index (χ1) is 5.13. The highest BCUT2D eigenvalue weighted by atomic mass is 32.1. The maximum absolute atomic E-state index is 10.9. The van der Waals surface area contributed by atoms with Gasteiger partial charge in [-0.3, -0.25) is 14.3 Å². The monoisotopic (exact) mass is 176 g/mol. The quantitative estimate of drug-likeness (QED) is 0.396. The Labute approximate surface area is 71.1 Å². The lowest BCUT2D eigenvalue weighted by Gasteiger charge is -2.09. The van der Waals surface area contributed by atoms with Gasteiger partial charge >= 0.3 is 0 Å². The van der Waals surface area contributed by atoms with Gasteiger partial charge < -0.3 is 5.73 Å². The standard InChI is InChI=1S/C6H12N2O2S/c1-2-3-4(8-11)5(9)6(7)10/h4,8,11H,2-3H2,1H3,(H2,7,10). The van der Waals surface area contributed by atoms with Crippen LogP contribution in [0.5, 0.6) is 0 Å². The first-order valence-electron chi connectivity index (χ1n) is 3.36. The molecule has 0 aliphatic heterocycles. The van der Waals surface area contributed by atoms with Crippen molar-refractivity contribution in [3.8, 4) is 0 Å². The Morgan fingerprint density at radius 2 is 2.18 bits per heavy atom. The zero-order valence-corrected chi connectivity index (χ0v) is 7.23. The molecule has 0 rings (SSSR count). The van der Waals surface area contributed by atoms with Crippen LogP contribution >= 0.6 is 12.8 Å². The van der Waals surface area contributed by atoms with Crippen LogP contribution in [0.3, 0.4) is 0 Å². The van der Waals surface area contributed by atoms with Gasteiger partial charge in [0, 0.05) is 0 Å². The van der Waals surface area contributed by atoms with Gasteiger partial charge in [-0.2, -0.15) is 0 Å². The van der Waals surface area contributed by atoms with Crippen molar-refractivity contribution in [3.63, 3.8) is 0 Å². The van der Waals surface area contributed by atoms with Gasteiger partial charge in [-0.05, 0) is 6.42 Å². The zero-order chi connectivity index (χ0) is 8.85. The molecule has 0 aliphatic carbocycles. The van der Waals surface area contributed by atoms with E-state index in [-0.39, 0.29) is 0 Å². The molecule has 0 heterocycles. The maximum atomic E-state index is 10.9. The van der Waals surface area contributed by atoms with Crippen LogP contribution in [0.4, 0.5) is 0 Å². The Balaban J connectivity index is 4.02. The van der Waals surface area contributed by atoms with E-state index in [0.29, 0.717) is 6.42 Å². The Hall–Kier alpha value is -0.550. The number of Topliss-reactive ketones (excluding diaryl/α,β-unsaturated/α-hetero) is 1. The van der Waals surface area contributed by atoms with Crippen molar-refractivity contribution >= 4 is 24.5 Å². The van der Waals surface area contributed by atoms with Crippen molar-refractivity contribution in [3.05, 3.63) is 0 Å². The van der Waals surface area contributed by atoms with Gasteiger partial charge in [0.2, 0.25) is 5.78 Å². The van der Waals surface area contributed by atoms with Crippen LogP contribution in [-0.2, 0) is 9.59 Å². The van der Waals surface area contributed by atoms with E-state index >= 15 is 0 Å². The molecule has 1 amide bonds. The summed E-state index contributed by atoms with van der Waals surface area (Å²) in [5.41, 5.74) is 4.78. The molecule has 0 saturated carbocycles. The summed E-state index contributed by atoms with van der Waals surface area (Å²) in [6.07, 6.45) is 1.38. The molecular formula is C6H12N2O2S. The average Bonchev–Trinajstić information content (AvgIpc) is 1.98. The third kappa shape index (κ3) is 3.38. The highest BCUT2D eigenvalue weighted by Gasteiger charge is 2.20. The van der Waals surface area contributed by atoms with Crippen molar-refractivity contribution in [2.45, 2.75) is 25.8 Å². The summed E-state index contributed by atoms with van der Waals surface area (Å²) in [4.78, 5) is 21.3. The Bertz CT molecular complexity index is 161. The molecule has 64 valence electrons. The number of rotatable bonds is 5. The SMILES string of the molecule is CCCC(NS)C(=O)C(N)=O. The number of hydrogen-bond donors (Lipinski definition) is 3. The lowest BCUT2D eigenvalue weighted by Crippen LogP contribution is -2.39. The number of carbonyl (C=O) groups is 2. The van der Waals surface area contributed by atoms with Crippen LogP contribution in [0.2, 0.25) is 0 Å². The minimum absolute atomic E-state index is 0.541. The van der Waals surface area contributed by atoms with Gasteiger partial charge in [-0.1, -0.05) is 26.2 Å². The molecule has 0 radical (unpaired) electrons. The highest BCUT2D eigenvalue weighted by molar-refractivity contribution is 7.78. The Kier molecular flexibility index (Phi) is 4.89. The van der Waals surface area contributed by atoms with E-state index in [1.807, 2.05) is 6.92 Å². The number of amides is 1. The van der Waals surface area contributed by atoms with Crippen LogP contribution in [0.1, 0.15) is 19.8 Å². The maximum Gasteiger partial charge on any atom is 0.286 e. The second-order valence-corrected chi connectivity index (χ2v) is 2.46. The fourth-order valence-corrected chi connectivity index (χ4v) is 0.961. The van der Waals surface area contributed by atoms with Crippen LogP contribution < -0.4 is 10.5 Å². The molecule has 5 heteroatoms. The van der Waals surface area contributed by atoms with Crippen molar-refractivity contribution in [1.82, 2.24) is 4.72 Å². The van der Waals surface area contributed by atoms with E-state index in [1.165, 1.54) is 0 Å². The highest BCUT2D eigenvalue weighted by Crippen LogP contribution is 1.98. The predicted octanol–water partition coefficient (Wildman–Crippen LogP) is -0.356. The third-order valence-corrected chi connectivity index (χ3v) is 1.60. The molecule has 0 saturated heterocycles. The molecule has 11 heavy (non-hydrogen) atoms. The minimum Gasteiger partial charge on any atom is -0.363 e. The van der Waals surface area contributed by atoms with E-state index in [1.54, 1.807) is 0 Å². The van der Waals surface area contributed by atoms with Crippen molar-refractivity contribution < 1.29 is 9.59 Å². The summed E-state index contributed by atoms with van der Waals surface area (Å²) < 4.78 is 2.43. The summed E-state index contributed by atoms with van der Waals surface area (Å²) in [7, 11) is 0. The van der Waals surface area contributed by atoms with Crippen molar-refractivity contribution in [1.29, 1.82) is 0 Å². The van der Waals surface area contributed by atoms with E-state index in [4.69, 9.17) is 5.73 Å². The van der Waals surface area contributed by atoms with Gasteiger partial charge in [-0.25, -0.2) is 0 Å². The van der Waals surface area contributed by atoms with Crippen LogP contribution in [0, 0.1) is 0 Å². The molecule has 1 atom stereocenters. The Morgan fingerprint density at radius 3 is 2.45 bits per heavy atom. The molecule has 0 aromatic carbocycles. The van der Waals surface area contributed by atoms with Crippen LogP contribution in [0.15, 0.2) is 0 Å². The Morgan fingerprint density at radius 1 is 1.64 bits per heavy atom. The first kappa shape index (κ1) is 10.4. The van der Waals surface area contributed by atoms with E-state index < -0.39 is 17.7 Å². The van der Waals surface area contributed by atoms with Gasteiger partial charge in [0.05, 0.1) is 6.04 Å². The lowest BCUT2D eigenvalue weighted by molar-refractivity contribution is -0.137. The minimum atomic E-state index is -0.912. The molecule has 0 aliphatic rings. The largest absolute Gasteiger partial charge is 0.363 e. The number of nitrogens with two attached hydrogens (primary N) is 1. The van der Waals surface area contributed by atoms with Gasteiger partial charge in [0.25, 0.3) is 5.91 Å².